The quantitative estimate of drug-likeness (QED) is 0.649. The number of nitriles is 1. The molecule has 0 bridgehead atoms. The largest absolute Gasteiger partial charge is 0.392 e. The van der Waals surface area contributed by atoms with Gasteiger partial charge in [0.05, 0.1) is 23.2 Å². The number of benzene rings is 2. The first kappa shape index (κ1) is 14.5. The maximum Gasteiger partial charge on any atom is 0.293 e. The van der Waals surface area contributed by atoms with Gasteiger partial charge in [-0.15, -0.1) is 0 Å². The number of anilines is 1. The Kier molecular flexibility index (Phi) is 4.49. The predicted molar refractivity (Wildman–Crippen MR) is 77.5 cm³/mol. The molecule has 0 saturated heterocycles. The van der Waals surface area contributed by atoms with Crippen LogP contribution in [0.2, 0.25) is 0 Å². The van der Waals surface area contributed by atoms with Gasteiger partial charge >= 0.3 is 0 Å². The van der Waals surface area contributed by atoms with Crippen molar-refractivity contribution in [1.29, 1.82) is 5.26 Å². The summed E-state index contributed by atoms with van der Waals surface area (Å²) in [4.78, 5) is 10.5. The van der Waals surface area contributed by atoms with Crippen molar-refractivity contribution in [1.82, 2.24) is 0 Å². The highest BCUT2D eigenvalue weighted by Gasteiger charge is 2.14. The van der Waals surface area contributed by atoms with Crippen LogP contribution in [0.25, 0.3) is 0 Å². The second kappa shape index (κ2) is 6.50. The topological polar surface area (TPSA) is 99.2 Å². The molecule has 0 aliphatic heterocycles. The molecule has 2 N–H and O–H groups in total. The Bertz CT molecular complexity index is 708. The van der Waals surface area contributed by atoms with Crippen LogP contribution in [0.15, 0.2) is 42.5 Å². The van der Waals surface area contributed by atoms with Crippen LogP contribution in [0.5, 0.6) is 0 Å². The fourth-order valence-electron chi connectivity index (χ4n) is 1.98. The second-order valence-corrected chi connectivity index (χ2v) is 4.38. The van der Waals surface area contributed by atoms with Crippen LogP contribution in [-0.4, -0.2) is 10.0 Å². The van der Waals surface area contributed by atoms with E-state index >= 15 is 0 Å². The van der Waals surface area contributed by atoms with Gasteiger partial charge in [-0.1, -0.05) is 24.3 Å². The van der Waals surface area contributed by atoms with Crippen molar-refractivity contribution in [3.63, 3.8) is 0 Å². The third kappa shape index (κ3) is 3.35. The van der Waals surface area contributed by atoms with E-state index in [0.29, 0.717) is 12.2 Å². The molecule has 0 amide bonds. The summed E-state index contributed by atoms with van der Waals surface area (Å²) in [5, 5.41) is 32.1. The first-order valence-electron chi connectivity index (χ1n) is 6.25. The molecule has 2 rings (SSSR count). The van der Waals surface area contributed by atoms with E-state index in [1.807, 2.05) is 24.3 Å². The van der Waals surface area contributed by atoms with Crippen molar-refractivity contribution in [3.05, 3.63) is 69.3 Å². The average molecular weight is 283 g/mol. The van der Waals surface area contributed by atoms with E-state index in [9.17, 15) is 15.2 Å². The minimum Gasteiger partial charge on any atom is -0.392 e. The minimum atomic E-state index is -0.527. The van der Waals surface area contributed by atoms with E-state index in [0.717, 1.165) is 11.1 Å². The molecule has 0 aliphatic rings. The van der Waals surface area contributed by atoms with Crippen LogP contribution < -0.4 is 5.32 Å². The lowest BCUT2D eigenvalue weighted by molar-refractivity contribution is -0.384. The molecule has 0 fully saturated rings. The van der Waals surface area contributed by atoms with Gasteiger partial charge in [0.15, 0.2) is 0 Å². The number of hydrogen-bond acceptors (Lipinski definition) is 5. The standard InChI is InChI=1S/C15H13N3O3/c16-8-11-5-6-14(15(7-11)18(20)21)17-9-12-3-1-2-4-13(12)10-19/h1-7,17,19H,9-10H2. The molecule has 0 atom stereocenters. The average Bonchev–Trinajstić information content (AvgIpc) is 2.52. The number of nitro groups is 1. The molecule has 21 heavy (non-hydrogen) atoms. The molecule has 2 aromatic carbocycles. The van der Waals surface area contributed by atoms with Gasteiger partial charge in [-0.2, -0.15) is 5.26 Å². The third-order valence-corrected chi connectivity index (χ3v) is 3.08. The Hall–Kier alpha value is -2.91. The van der Waals surface area contributed by atoms with Crippen LogP contribution in [-0.2, 0) is 13.2 Å². The smallest absolute Gasteiger partial charge is 0.293 e. The Morgan fingerprint density at radius 2 is 1.95 bits per heavy atom. The Morgan fingerprint density at radius 3 is 2.57 bits per heavy atom. The minimum absolute atomic E-state index is 0.0900. The molecule has 0 spiro atoms. The lowest BCUT2D eigenvalue weighted by Gasteiger charge is -2.10. The molecule has 6 nitrogen and oxygen atoms in total. The molecule has 106 valence electrons. The highest BCUT2D eigenvalue weighted by molar-refractivity contribution is 5.64. The van der Waals surface area contributed by atoms with Crippen molar-refractivity contribution in [2.75, 3.05) is 5.32 Å². The molecule has 0 aromatic heterocycles. The number of aliphatic hydroxyl groups excluding tert-OH is 1. The molecular formula is C15H13N3O3. The Balaban J connectivity index is 2.24. The summed E-state index contributed by atoms with van der Waals surface area (Å²) in [5.41, 5.74) is 2.06. The molecule has 2 aromatic rings. The van der Waals surface area contributed by atoms with Crippen LogP contribution in [0, 0.1) is 21.4 Å². The Labute approximate surface area is 121 Å². The van der Waals surface area contributed by atoms with Crippen molar-refractivity contribution in [2.24, 2.45) is 0 Å². The second-order valence-electron chi connectivity index (χ2n) is 4.38. The van der Waals surface area contributed by atoms with Crippen LogP contribution >= 0.6 is 0 Å². The van der Waals surface area contributed by atoms with Crippen molar-refractivity contribution in [2.45, 2.75) is 13.2 Å². The monoisotopic (exact) mass is 283 g/mol. The maximum atomic E-state index is 11.0. The normalized spacial score (nSPS) is 9.90. The highest BCUT2D eigenvalue weighted by Crippen LogP contribution is 2.26. The number of nitrogens with zero attached hydrogens (tertiary/aromatic N) is 2. The van der Waals surface area contributed by atoms with Gasteiger partial charge in [-0.05, 0) is 23.3 Å². The SMILES string of the molecule is N#Cc1ccc(NCc2ccccc2CO)c([N+](=O)[O-])c1. The lowest BCUT2D eigenvalue weighted by atomic mass is 10.1. The molecule has 0 radical (unpaired) electrons. The summed E-state index contributed by atoms with van der Waals surface area (Å²) in [6.07, 6.45) is 0. The van der Waals surface area contributed by atoms with Crippen LogP contribution in [0.1, 0.15) is 16.7 Å². The van der Waals surface area contributed by atoms with E-state index in [2.05, 4.69) is 5.32 Å². The number of rotatable bonds is 5. The van der Waals surface area contributed by atoms with Crippen molar-refractivity contribution >= 4 is 11.4 Å². The lowest BCUT2D eigenvalue weighted by Crippen LogP contribution is -2.05. The summed E-state index contributed by atoms with van der Waals surface area (Å²) in [6, 6.07) is 13.4. The highest BCUT2D eigenvalue weighted by atomic mass is 16.6. The number of nitrogens with one attached hydrogen (secondary N) is 1. The van der Waals surface area contributed by atoms with E-state index in [1.165, 1.54) is 18.2 Å². The Morgan fingerprint density at radius 1 is 1.24 bits per heavy atom. The number of nitro benzene ring substituents is 1. The van der Waals surface area contributed by atoms with Gasteiger partial charge in [0.25, 0.3) is 5.69 Å². The van der Waals surface area contributed by atoms with E-state index in [4.69, 9.17) is 5.26 Å². The summed E-state index contributed by atoms with van der Waals surface area (Å²) in [5.74, 6) is 0. The maximum absolute atomic E-state index is 11.0. The van der Waals surface area contributed by atoms with E-state index in [-0.39, 0.29) is 17.9 Å². The van der Waals surface area contributed by atoms with E-state index in [1.54, 1.807) is 6.07 Å². The molecule has 0 unspecified atom stereocenters. The molecule has 0 heterocycles. The zero-order valence-electron chi connectivity index (χ0n) is 11.1. The van der Waals surface area contributed by atoms with Gasteiger partial charge in [0.1, 0.15) is 5.69 Å². The van der Waals surface area contributed by atoms with Crippen LogP contribution in [0.3, 0.4) is 0 Å². The van der Waals surface area contributed by atoms with Gasteiger partial charge in [0.2, 0.25) is 0 Å². The number of hydrogen-bond donors (Lipinski definition) is 2. The van der Waals surface area contributed by atoms with Gasteiger partial charge in [-0.25, -0.2) is 0 Å². The van der Waals surface area contributed by atoms with Gasteiger partial charge in [0, 0.05) is 12.6 Å². The fraction of sp³-hybridized carbons (Fsp3) is 0.133. The first-order valence-corrected chi connectivity index (χ1v) is 6.25. The first-order chi connectivity index (χ1) is 10.2. The predicted octanol–water partition coefficient (Wildman–Crippen LogP) is 2.57. The van der Waals surface area contributed by atoms with E-state index < -0.39 is 4.92 Å². The molecular weight excluding hydrogens is 270 g/mol. The molecule has 0 aliphatic carbocycles. The number of aliphatic hydroxyl groups is 1. The fourth-order valence-corrected chi connectivity index (χ4v) is 1.98. The summed E-state index contributed by atoms with van der Waals surface area (Å²) in [6.45, 7) is 0.261. The van der Waals surface area contributed by atoms with Crippen molar-refractivity contribution < 1.29 is 10.0 Å². The molecule has 0 saturated carbocycles. The van der Waals surface area contributed by atoms with Gasteiger partial charge < -0.3 is 10.4 Å². The van der Waals surface area contributed by atoms with Crippen LogP contribution in [0.4, 0.5) is 11.4 Å². The summed E-state index contributed by atoms with van der Waals surface area (Å²) in [7, 11) is 0. The van der Waals surface area contributed by atoms with Gasteiger partial charge in [-0.3, -0.25) is 10.1 Å². The summed E-state index contributed by atoms with van der Waals surface area (Å²) < 4.78 is 0. The molecule has 6 heteroatoms. The van der Waals surface area contributed by atoms with Crippen molar-refractivity contribution in [3.8, 4) is 6.07 Å². The summed E-state index contributed by atoms with van der Waals surface area (Å²) >= 11 is 0. The third-order valence-electron chi connectivity index (χ3n) is 3.08. The zero-order valence-corrected chi connectivity index (χ0v) is 11.1. The zero-order chi connectivity index (χ0) is 15.2.